The van der Waals surface area contributed by atoms with Gasteiger partial charge in [-0.15, -0.1) is 0 Å². The average Bonchev–Trinajstić information content (AvgIpc) is 2.42. The van der Waals surface area contributed by atoms with Gasteiger partial charge in [-0.2, -0.15) is 13.2 Å². The number of ether oxygens (including phenoxy) is 3. The lowest BCUT2D eigenvalue weighted by Crippen LogP contribution is -2.23. The monoisotopic (exact) mass is 309 g/mol. The Morgan fingerprint density at radius 1 is 1.33 bits per heavy atom. The van der Waals surface area contributed by atoms with Gasteiger partial charge in [-0.05, 0) is 12.1 Å². The molecule has 0 saturated carbocycles. The second-order valence-electron chi connectivity index (χ2n) is 3.75. The fraction of sp³-hybridized carbons (Fsp3) is 0.417. The highest BCUT2D eigenvalue weighted by atomic mass is 19.4. The third-order valence-electron chi connectivity index (χ3n) is 2.13. The summed E-state index contributed by atoms with van der Waals surface area (Å²) in [6, 6.07) is 4.19. The lowest BCUT2D eigenvalue weighted by Gasteiger charge is -2.13. The van der Waals surface area contributed by atoms with Gasteiger partial charge in [0.05, 0.1) is 13.7 Å². The summed E-state index contributed by atoms with van der Waals surface area (Å²) in [5.74, 6) is 0.567. The standard InChI is InChI=1S/C12H14F3NO5/c1-19-9-3-2-8(6-10(9)20-5-4-17)16-11(18)21-7-12(13,14)15/h2-3,6,17H,4-5,7H2,1H3,(H,16,18). The number of aliphatic hydroxyl groups excluding tert-OH is 1. The summed E-state index contributed by atoms with van der Waals surface area (Å²) in [6.45, 7) is -1.91. The number of methoxy groups -OCH3 is 1. The van der Waals surface area contributed by atoms with Gasteiger partial charge in [-0.3, -0.25) is 5.32 Å². The van der Waals surface area contributed by atoms with E-state index in [-0.39, 0.29) is 24.7 Å². The quantitative estimate of drug-likeness (QED) is 0.842. The van der Waals surface area contributed by atoms with Crippen molar-refractivity contribution in [2.24, 2.45) is 0 Å². The zero-order valence-electron chi connectivity index (χ0n) is 11.1. The zero-order valence-corrected chi connectivity index (χ0v) is 11.1. The van der Waals surface area contributed by atoms with Gasteiger partial charge < -0.3 is 19.3 Å². The van der Waals surface area contributed by atoms with Crippen LogP contribution in [0.5, 0.6) is 11.5 Å². The van der Waals surface area contributed by atoms with Gasteiger partial charge in [0.2, 0.25) is 0 Å². The van der Waals surface area contributed by atoms with Crippen molar-refractivity contribution >= 4 is 11.8 Å². The maximum Gasteiger partial charge on any atom is 0.422 e. The number of hydrogen-bond donors (Lipinski definition) is 2. The Bertz CT molecular complexity index is 478. The SMILES string of the molecule is COc1ccc(NC(=O)OCC(F)(F)F)cc1OCCO. The van der Waals surface area contributed by atoms with E-state index < -0.39 is 18.9 Å². The summed E-state index contributed by atoms with van der Waals surface area (Å²) in [7, 11) is 1.39. The second-order valence-corrected chi connectivity index (χ2v) is 3.75. The molecule has 0 fully saturated rings. The summed E-state index contributed by atoms with van der Waals surface area (Å²) in [6.07, 6.45) is -5.84. The van der Waals surface area contributed by atoms with Crippen molar-refractivity contribution in [1.82, 2.24) is 0 Å². The predicted octanol–water partition coefficient (Wildman–Crippen LogP) is 2.18. The number of anilines is 1. The van der Waals surface area contributed by atoms with Crippen LogP contribution in [0.25, 0.3) is 0 Å². The van der Waals surface area contributed by atoms with Crippen LogP contribution in [0, 0.1) is 0 Å². The zero-order chi connectivity index (χ0) is 15.9. The van der Waals surface area contributed by atoms with Crippen molar-refractivity contribution in [2.75, 3.05) is 32.2 Å². The summed E-state index contributed by atoms with van der Waals surface area (Å²) in [5.41, 5.74) is 0.163. The highest BCUT2D eigenvalue weighted by Crippen LogP contribution is 2.30. The van der Waals surface area contributed by atoms with Crippen LogP contribution in [-0.2, 0) is 4.74 Å². The minimum atomic E-state index is -4.59. The molecule has 1 amide bonds. The molecule has 1 aromatic rings. The van der Waals surface area contributed by atoms with Crippen LogP contribution >= 0.6 is 0 Å². The van der Waals surface area contributed by atoms with Crippen molar-refractivity contribution < 1.29 is 37.3 Å². The molecule has 0 bridgehead atoms. The molecule has 0 aliphatic carbocycles. The maximum atomic E-state index is 11.9. The number of rotatable bonds is 6. The van der Waals surface area contributed by atoms with Crippen LogP contribution in [0.2, 0.25) is 0 Å². The first-order chi connectivity index (χ1) is 9.85. The molecule has 1 aromatic carbocycles. The van der Waals surface area contributed by atoms with E-state index in [1.54, 1.807) is 0 Å². The number of aliphatic hydroxyl groups is 1. The van der Waals surface area contributed by atoms with Crippen molar-refractivity contribution in [2.45, 2.75) is 6.18 Å². The first kappa shape index (κ1) is 16.9. The van der Waals surface area contributed by atoms with E-state index in [0.29, 0.717) is 5.75 Å². The molecule has 9 heteroatoms. The Balaban J connectivity index is 2.68. The molecule has 0 atom stereocenters. The first-order valence-electron chi connectivity index (χ1n) is 5.78. The topological polar surface area (TPSA) is 77.0 Å². The highest BCUT2D eigenvalue weighted by molar-refractivity contribution is 5.85. The second kappa shape index (κ2) is 7.58. The Morgan fingerprint density at radius 3 is 2.62 bits per heavy atom. The van der Waals surface area contributed by atoms with E-state index in [1.165, 1.54) is 25.3 Å². The van der Waals surface area contributed by atoms with Crippen molar-refractivity contribution in [1.29, 1.82) is 0 Å². The van der Waals surface area contributed by atoms with Crippen molar-refractivity contribution in [3.05, 3.63) is 18.2 Å². The minimum absolute atomic E-state index is 0.00165. The fourth-order valence-corrected chi connectivity index (χ4v) is 1.32. The largest absolute Gasteiger partial charge is 0.493 e. The van der Waals surface area contributed by atoms with E-state index in [1.807, 2.05) is 0 Å². The van der Waals surface area contributed by atoms with E-state index in [9.17, 15) is 18.0 Å². The number of halogens is 3. The maximum absolute atomic E-state index is 11.9. The molecule has 0 unspecified atom stereocenters. The molecular weight excluding hydrogens is 295 g/mol. The summed E-state index contributed by atoms with van der Waals surface area (Å²) >= 11 is 0. The van der Waals surface area contributed by atoms with E-state index in [2.05, 4.69) is 10.1 Å². The third kappa shape index (κ3) is 6.21. The lowest BCUT2D eigenvalue weighted by molar-refractivity contribution is -0.159. The van der Waals surface area contributed by atoms with Crippen molar-refractivity contribution in [3.63, 3.8) is 0 Å². The van der Waals surface area contributed by atoms with Crippen LogP contribution in [0.3, 0.4) is 0 Å². The number of nitrogens with one attached hydrogen (secondary N) is 1. The predicted molar refractivity (Wildman–Crippen MR) is 66.6 cm³/mol. The molecule has 118 valence electrons. The van der Waals surface area contributed by atoms with Gasteiger partial charge in [0, 0.05) is 11.8 Å². The molecule has 0 aliphatic heterocycles. The van der Waals surface area contributed by atoms with Crippen LogP contribution in [0.15, 0.2) is 18.2 Å². The normalized spacial score (nSPS) is 10.9. The van der Waals surface area contributed by atoms with Crippen molar-refractivity contribution in [3.8, 4) is 11.5 Å². The highest BCUT2D eigenvalue weighted by Gasteiger charge is 2.29. The molecule has 0 aromatic heterocycles. The number of alkyl halides is 3. The molecule has 6 nitrogen and oxygen atoms in total. The van der Waals surface area contributed by atoms with Gasteiger partial charge >= 0.3 is 12.3 Å². The van der Waals surface area contributed by atoms with Crippen LogP contribution < -0.4 is 14.8 Å². The molecule has 0 saturated heterocycles. The first-order valence-corrected chi connectivity index (χ1v) is 5.78. The molecule has 1 rings (SSSR count). The lowest BCUT2D eigenvalue weighted by atomic mass is 10.3. The van der Waals surface area contributed by atoms with Gasteiger partial charge in [0.1, 0.15) is 6.61 Å². The molecular formula is C12H14F3NO5. The number of hydrogen-bond acceptors (Lipinski definition) is 5. The Kier molecular flexibility index (Phi) is 6.10. The number of carbonyl (C=O) groups excluding carboxylic acids is 1. The van der Waals surface area contributed by atoms with Gasteiger partial charge in [0.25, 0.3) is 0 Å². The molecule has 0 aliphatic rings. The molecule has 0 radical (unpaired) electrons. The molecule has 2 N–H and O–H groups in total. The fourth-order valence-electron chi connectivity index (χ4n) is 1.32. The molecule has 0 heterocycles. The Hall–Kier alpha value is -2.16. The number of carbonyl (C=O) groups is 1. The third-order valence-corrected chi connectivity index (χ3v) is 2.13. The summed E-state index contributed by atoms with van der Waals surface area (Å²) in [5, 5.41) is 10.8. The van der Waals surface area contributed by atoms with E-state index >= 15 is 0 Å². The van der Waals surface area contributed by atoms with Crippen LogP contribution in [0.4, 0.5) is 23.7 Å². The molecule has 21 heavy (non-hydrogen) atoms. The smallest absolute Gasteiger partial charge is 0.422 e. The van der Waals surface area contributed by atoms with Gasteiger partial charge in [0.15, 0.2) is 18.1 Å². The minimum Gasteiger partial charge on any atom is -0.493 e. The van der Waals surface area contributed by atoms with Gasteiger partial charge in [-0.25, -0.2) is 4.79 Å². The van der Waals surface area contributed by atoms with Crippen LogP contribution in [0.1, 0.15) is 0 Å². The number of benzene rings is 1. The number of amides is 1. The summed E-state index contributed by atoms with van der Waals surface area (Å²) < 4.78 is 49.8. The van der Waals surface area contributed by atoms with E-state index in [0.717, 1.165) is 0 Å². The van der Waals surface area contributed by atoms with Crippen LogP contribution in [-0.4, -0.2) is 44.3 Å². The molecule has 0 spiro atoms. The Labute approximate surface area is 118 Å². The Morgan fingerprint density at radius 2 is 2.05 bits per heavy atom. The summed E-state index contributed by atoms with van der Waals surface area (Å²) in [4.78, 5) is 11.2. The van der Waals surface area contributed by atoms with E-state index in [4.69, 9.17) is 14.6 Å². The average molecular weight is 309 g/mol. The van der Waals surface area contributed by atoms with Gasteiger partial charge in [-0.1, -0.05) is 0 Å².